The minimum Gasteiger partial charge on any atom is -0.379 e. The van der Waals surface area contributed by atoms with Crippen LogP contribution in [-0.4, -0.2) is 69.6 Å². The molecule has 3 heterocycles. The standard InChI is InChI=1S/C31H36F3N5O4/c1-18-15-38(16-19(2)43-18)29(41)22-7-9-23(10-8-22)35-20(3)24-13-25-27(14-26(24)31(32,33)34)36-21(4)39(30(25)42)17-28(40)37-11-5-6-12-37/h7-10,13-14,18-20,35H,5-6,11-12,15-17H2,1-4H3. The molecule has 9 nitrogen and oxygen atoms in total. The maximum absolute atomic E-state index is 14.2. The zero-order valence-corrected chi connectivity index (χ0v) is 24.7. The van der Waals surface area contributed by atoms with Crippen molar-refractivity contribution >= 4 is 28.4 Å². The summed E-state index contributed by atoms with van der Waals surface area (Å²) in [4.78, 5) is 46.9. The smallest absolute Gasteiger partial charge is 0.379 e. The van der Waals surface area contributed by atoms with E-state index in [1.54, 1.807) is 41.0 Å². The third kappa shape index (κ3) is 6.53. The average Bonchev–Trinajstić information content (AvgIpc) is 3.49. The second-order valence-electron chi connectivity index (χ2n) is 11.5. The highest BCUT2D eigenvalue weighted by Crippen LogP contribution is 2.37. The van der Waals surface area contributed by atoms with Gasteiger partial charge in [0.15, 0.2) is 0 Å². The van der Waals surface area contributed by atoms with Crippen LogP contribution in [0.25, 0.3) is 10.9 Å². The molecule has 43 heavy (non-hydrogen) atoms. The van der Waals surface area contributed by atoms with E-state index in [4.69, 9.17) is 4.74 Å². The molecular weight excluding hydrogens is 563 g/mol. The summed E-state index contributed by atoms with van der Waals surface area (Å²) < 4.78 is 49.6. The van der Waals surface area contributed by atoms with Gasteiger partial charge in [-0.25, -0.2) is 4.98 Å². The van der Waals surface area contributed by atoms with Gasteiger partial charge in [-0.15, -0.1) is 0 Å². The molecule has 2 saturated heterocycles. The number of hydrogen-bond donors (Lipinski definition) is 1. The predicted molar refractivity (Wildman–Crippen MR) is 156 cm³/mol. The van der Waals surface area contributed by atoms with Crippen LogP contribution in [0.2, 0.25) is 0 Å². The first-order valence-electron chi connectivity index (χ1n) is 14.5. The maximum Gasteiger partial charge on any atom is 0.416 e. The summed E-state index contributed by atoms with van der Waals surface area (Å²) in [7, 11) is 0. The van der Waals surface area contributed by atoms with Crippen LogP contribution in [0, 0.1) is 6.92 Å². The Hall–Kier alpha value is -3.93. The first-order chi connectivity index (χ1) is 20.3. The summed E-state index contributed by atoms with van der Waals surface area (Å²) in [5.41, 5.74) is -0.698. The Morgan fingerprint density at radius 2 is 1.67 bits per heavy atom. The number of aryl methyl sites for hydroxylation is 1. The molecule has 0 bridgehead atoms. The van der Waals surface area contributed by atoms with Gasteiger partial charge < -0.3 is 19.9 Å². The van der Waals surface area contributed by atoms with Crippen LogP contribution in [-0.2, 0) is 22.3 Å². The molecule has 3 aromatic rings. The van der Waals surface area contributed by atoms with E-state index in [1.807, 2.05) is 13.8 Å². The van der Waals surface area contributed by atoms with Crippen LogP contribution in [0.5, 0.6) is 0 Å². The van der Waals surface area contributed by atoms with Gasteiger partial charge in [0.1, 0.15) is 12.4 Å². The number of carbonyl (C=O) groups is 2. The molecule has 2 aliphatic rings. The number of halogens is 3. The summed E-state index contributed by atoms with van der Waals surface area (Å²) in [6, 6.07) is 7.83. The molecule has 0 spiro atoms. The summed E-state index contributed by atoms with van der Waals surface area (Å²) in [6.45, 7) is 8.88. The number of anilines is 1. The number of rotatable bonds is 6. The van der Waals surface area contributed by atoms with Crippen molar-refractivity contribution in [2.24, 2.45) is 0 Å². The molecule has 2 aromatic carbocycles. The van der Waals surface area contributed by atoms with E-state index in [0.29, 0.717) is 37.4 Å². The fourth-order valence-corrected chi connectivity index (χ4v) is 5.95. The van der Waals surface area contributed by atoms with Gasteiger partial charge in [-0.05, 0) is 82.5 Å². The second-order valence-corrected chi connectivity index (χ2v) is 11.5. The fraction of sp³-hybridized carbons (Fsp3) is 0.484. The van der Waals surface area contributed by atoms with Crippen molar-refractivity contribution in [2.45, 2.75) is 71.5 Å². The number of alkyl halides is 3. The highest BCUT2D eigenvalue weighted by atomic mass is 19.4. The van der Waals surface area contributed by atoms with E-state index in [9.17, 15) is 27.6 Å². The van der Waals surface area contributed by atoms with Crippen molar-refractivity contribution in [3.63, 3.8) is 0 Å². The summed E-state index contributed by atoms with van der Waals surface area (Å²) in [6.07, 6.45) is -3.05. The van der Waals surface area contributed by atoms with Gasteiger partial charge in [0, 0.05) is 43.5 Å². The Labute approximate surface area is 247 Å². The lowest BCUT2D eigenvalue weighted by atomic mass is 9.98. The Morgan fingerprint density at radius 1 is 1.05 bits per heavy atom. The molecule has 1 N–H and O–H groups in total. The van der Waals surface area contributed by atoms with Gasteiger partial charge in [-0.3, -0.25) is 19.0 Å². The highest BCUT2D eigenvalue weighted by Gasteiger charge is 2.36. The Morgan fingerprint density at radius 3 is 2.28 bits per heavy atom. The topological polar surface area (TPSA) is 96.8 Å². The van der Waals surface area contributed by atoms with Gasteiger partial charge >= 0.3 is 6.18 Å². The van der Waals surface area contributed by atoms with Gasteiger partial charge in [0.05, 0.1) is 28.7 Å². The summed E-state index contributed by atoms with van der Waals surface area (Å²) >= 11 is 0. The van der Waals surface area contributed by atoms with Gasteiger partial charge in [-0.2, -0.15) is 13.2 Å². The van der Waals surface area contributed by atoms with Gasteiger partial charge in [0.25, 0.3) is 11.5 Å². The number of aromatic nitrogens is 2. The summed E-state index contributed by atoms with van der Waals surface area (Å²) in [5, 5.41) is 3.08. The van der Waals surface area contributed by atoms with Crippen LogP contribution < -0.4 is 10.9 Å². The first-order valence-corrected chi connectivity index (χ1v) is 14.5. The van der Waals surface area contributed by atoms with E-state index in [-0.39, 0.29) is 52.9 Å². The van der Waals surface area contributed by atoms with Crippen LogP contribution in [0.4, 0.5) is 18.9 Å². The Bertz CT molecular complexity index is 1570. The van der Waals surface area contributed by atoms with Crippen molar-refractivity contribution in [3.8, 4) is 0 Å². The van der Waals surface area contributed by atoms with Crippen LogP contribution in [0.3, 0.4) is 0 Å². The van der Waals surface area contributed by atoms with Crippen LogP contribution in [0.15, 0.2) is 41.2 Å². The molecular formula is C31H36F3N5O4. The number of fused-ring (bicyclic) bond motifs is 1. The highest BCUT2D eigenvalue weighted by molar-refractivity contribution is 5.94. The molecule has 2 amide bonds. The normalized spacial score (nSPS) is 20.0. The second kappa shape index (κ2) is 12.0. The number of amides is 2. The fourth-order valence-electron chi connectivity index (χ4n) is 5.95. The molecule has 2 fully saturated rings. The van der Waals surface area contributed by atoms with E-state index in [2.05, 4.69) is 10.3 Å². The Balaban J connectivity index is 1.42. The van der Waals surface area contributed by atoms with Crippen molar-refractivity contribution in [1.29, 1.82) is 0 Å². The molecule has 1 aromatic heterocycles. The molecule has 2 aliphatic heterocycles. The summed E-state index contributed by atoms with van der Waals surface area (Å²) in [5.74, 6) is -0.184. The molecule has 3 unspecified atom stereocenters. The molecule has 0 aliphatic carbocycles. The number of nitrogens with one attached hydrogen (secondary N) is 1. The lowest BCUT2D eigenvalue weighted by Gasteiger charge is -2.35. The van der Waals surface area contributed by atoms with Gasteiger partial charge in [-0.1, -0.05) is 0 Å². The monoisotopic (exact) mass is 599 g/mol. The molecule has 3 atom stereocenters. The minimum atomic E-state index is -4.70. The zero-order valence-electron chi connectivity index (χ0n) is 24.7. The van der Waals surface area contributed by atoms with Crippen LogP contribution >= 0.6 is 0 Å². The molecule has 0 saturated carbocycles. The average molecular weight is 600 g/mol. The third-order valence-corrected chi connectivity index (χ3v) is 8.06. The van der Waals surface area contributed by atoms with Crippen molar-refractivity contribution in [2.75, 3.05) is 31.5 Å². The number of benzene rings is 2. The minimum absolute atomic E-state index is 0.00591. The van der Waals surface area contributed by atoms with Gasteiger partial charge in [0.2, 0.25) is 5.91 Å². The lowest BCUT2D eigenvalue weighted by molar-refractivity contribution is -0.138. The number of ether oxygens (including phenoxy) is 1. The van der Waals surface area contributed by atoms with E-state index < -0.39 is 23.3 Å². The maximum atomic E-state index is 14.2. The van der Waals surface area contributed by atoms with E-state index in [0.717, 1.165) is 18.9 Å². The predicted octanol–water partition coefficient (Wildman–Crippen LogP) is 4.77. The Kier molecular flexibility index (Phi) is 8.51. The van der Waals surface area contributed by atoms with Crippen molar-refractivity contribution < 1.29 is 27.5 Å². The molecule has 230 valence electrons. The third-order valence-electron chi connectivity index (χ3n) is 8.06. The van der Waals surface area contributed by atoms with Crippen molar-refractivity contribution in [1.82, 2.24) is 19.4 Å². The number of hydrogen-bond acceptors (Lipinski definition) is 6. The van der Waals surface area contributed by atoms with Crippen molar-refractivity contribution in [3.05, 3.63) is 69.3 Å². The number of carbonyl (C=O) groups excluding carboxylic acids is 2. The molecule has 5 rings (SSSR count). The number of morpholine rings is 1. The molecule has 0 radical (unpaired) electrons. The number of nitrogens with zero attached hydrogens (tertiary/aromatic N) is 4. The zero-order chi connectivity index (χ0) is 31.1. The van der Waals surface area contributed by atoms with Crippen LogP contribution in [0.1, 0.15) is 67.0 Å². The first kappa shape index (κ1) is 30.5. The SMILES string of the molecule is Cc1nc2cc(C(F)(F)F)c(C(C)Nc3ccc(C(=O)N4CC(C)OC(C)C4)cc3)cc2c(=O)n1CC(=O)N1CCCC1. The quantitative estimate of drug-likeness (QED) is 0.439. The largest absolute Gasteiger partial charge is 0.416 e. The number of likely N-dealkylation sites (tertiary alicyclic amines) is 1. The lowest BCUT2D eigenvalue weighted by Crippen LogP contribution is -2.48. The van der Waals surface area contributed by atoms with E-state index >= 15 is 0 Å². The molecule has 12 heteroatoms. The van der Waals surface area contributed by atoms with E-state index in [1.165, 1.54) is 17.6 Å².